The lowest BCUT2D eigenvalue weighted by Crippen LogP contribution is -2.21. The lowest BCUT2D eigenvalue weighted by molar-refractivity contribution is -0.274. The second-order valence-electron chi connectivity index (χ2n) is 6.86. The van der Waals surface area contributed by atoms with Crippen molar-refractivity contribution < 1.29 is 17.9 Å². The van der Waals surface area contributed by atoms with Crippen molar-refractivity contribution in [1.29, 1.82) is 5.41 Å². The summed E-state index contributed by atoms with van der Waals surface area (Å²) in [6.45, 7) is 0. The second kappa shape index (κ2) is 9.03. The van der Waals surface area contributed by atoms with E-state index in [1.807, 2.05) is 24.3 Å². The Balaban J connectivity index is 1.75. The fourth-order valence-electron chi connectivity index (χ4n) is 3.18. The number of nitrogens with one attached hydrogen (secondary N) is 1. The van der Waals surface area contributed by atoms with Gasteiger partial charge in [0, 0.05) is 41.9 Å². The van der Waals surface area contributed by atoms with Crippen molar-refractivity contribution in [1.82, 2.24) is 14.8 Å². The Morgan fingerprint density at radius 3 is 2.58 bits per heavy atom. The Morgan fingerprint density at radius 1 is 1.09 bits per heavy atom. The molecule has 2 heterocycles. The molecule has 0 radical (unpaired) electrons. The first-order chi connectivity index (χ1) is 15.8. The van der Waals surface area contributed by atoms with E-state index in [9.17, 15) is 18.0 Å². The summed E-state index contributed by atoms with van der Waals surface area (Å²) < 4.78 is 42.4. The zero-order valence-corrected chi connectivity index (χ0v) is 17.0. The number of aromatic nitrogens is 3. The van der Waals surface area contributed by atoms with E-state index < -0.39 is 11.8 Å². The highest BCUT2D eigenvalue weighted by Gasteiger charge is 2.31. The van der Waals surface area contributed by atoms with Gasteiger partial charge in [0.2, 0.25) is 5.43 Å². The molecule has 0 saturated carbocycles. The van der Waals surface area contributed by atoms with Gasteiger partial charge in [-0.25, -0.2) is 9.67 Å². The SMILES string of the molecule is N=CCC(=Nc1cncc2ccccc12)c1nn(-c2ccc(OC(F)(F)F)cc2)ccc1=O. The van der Waals surface area contributed by atoms with E-state index >= 15 is 0 Å². The van der Waals surface area contributed by atoms with Crippen LogP contribution in [0.1, 0.15) is 12.1 Å². The van der Waals surface area contributed by atoms with Gasteiger partial charge in [-0.15, -0.1) is 13.2 Å². The summed E-state index contributed by atoms with van der Waals surface area (Å²) in [7, 11) is 0. The van der Waals surface area contributed by atoms with Gasteiger partial charge in [-0.3, -0.25) is 9.78 Å². The summed E-state index contributed by atoms with van der Waals surface area (Å²) in [5.74, 6) is -0.373. The molecule has 4 aromatic rings. The number of pyridine rings is 1. The minimum Gasteiger partial charge on any atom is -0.406 e. The molecule has 0 aliphatic heterocycles. The molecule has 4 rings (SSSR count). The molecule has 2 aromatic carbocycles. The minimum absolute atomic E-state index is 0.0181. The maximum Gasteiger partial charge on any atom is 0.573 e. The molecular formula is C23H16F3N5O2. The van der Waals surface area contributed by atoms with Crippen molar-refractivity contribution >= 4 is 28.4 Å². The van der Waals surface area contributed by atoms with Crippen molar-refractivity contribution in [3.8, 4) is 11.4 Å². The number of alkyl halides is 3. The van der Waals surface area contributed by atoms with E-state index in [0.717, 1.165) is 29.1 Å². The van der Waals surface area contributed by atoms with Gasteiger partial charge < -0.3 is 10.1 Å². The van der Waals surface area contributed by atoms with Crippen LogP contribution < -0.4 is 10.2 Å². The molecule has 0 fully saturated rings. The van der Waals surface area contributed by atoms with E-state index in [2.05, 4.69) is 19.8 Å². The average Bonchev–Trinajstić information content (AvgIpc) is 2.79. The molecule has 10 heteroatoms. The zero-order valence-electron chi connectivity index (χ0n) is 17.0. The van der Waals surface area contributed by atoms with E-state index in [4.69, 9.17) is 5.41 Å². The summed E-state index contributed by atoms with van der Waals surface area (Å²) in [4.78, 5) is 21.4. The normalized spacial score (nSPS) is 12.0. The molecule has 7 nitrogen and oxygen atoms in total. The molecule has 2 aromatic heterocycles. The summed E-state index contributed by atoms with van der Waals surface area (Å²) >= 11 is 0. The van der Waals surface area contributed by atoms with Gasteiger partial charge in [-0.2, -0.15) is 5.10 Å². The smallest absolute Gasteiger partial charge is 0.406 e. The predicted octanol–water partition coefficient (Wildman–Crippen LogP) is 4.84. The molecule has 0 amide bonds. The summed E-state index contributed by atoms with van der Waals surface area (Å²) in [6, 6.07) is 13.8. The van der Waals surface area contributed by atoms with Crippen LogP contribution in [-0.4, -0.2) is 33.1 Å². The van der Waals surface area contributed by atoms with Crippen LogP contribution in [0, 0.1) is 5.41 Å². The Morgan fingerprint density at radius 2 is 1.85 bits per heavy atom. The number of nitrogens with zero attached hydrogens (tertiary/aromatic N) is 4. The van der Waals surface area contributed by atoms with Crippen LogP contribution in [0.5, 0.6) is 5.75 Å². The Kier molecular flexibility index (Phi) is 5.99. The van der Waals surface area contributed by atoms with Crippen molar-refractivity contribution in [2.24, 2.45) is 4.99 Å². The predicted molar refractivity (Wildman–Crippen MR) is 118 cm³/mol. The van der Waals surface area contributed by atoms with Crippen LogP contribution in [0.15, 0.2) is 83.0 Å². The summed E-state index contributed by atoms with van der Waals surface area (Å²) in [5.41, 5.74) is 0.808. The van der Waals surface area contributed by atoms with E-state index in [0.29, 0.717) is 11.4 Å². The monoisotopic (exact) mass is 451 g/mol. The number of rotatable bonds is 6. The molecule has 0 bridgehead atoms. The number of fused-ring (bicyclic) bond motifs is 1. The average molecular weight is 451 g/mol. The molecule has 0 unspecified atom stereocenters. The summed E-state index contributed by atoms with van der Waals surface area (Å²) in [5, 5.41) is 13.6. The molecule has 0 aliphatic carbocycles. The van der Waals surface area contributed by atoms with Crippen molar-refractivity contribution in [2.45, 2.75) is 12.8 Å². The second-order valence-corrected chi connectivity index (χ2v) is 6.86. The van der Waals surface area contributed by atoms with Crippen LogP contribution in [0.4, 0.5) is 18.9 Å². The minimum atomic E-state index is -4.79. The fourth-order valence-corrected chi connectivity index (χ4v) is 3.18. The first-order valence-corrected chi connectivity index (χ1v) is 9.70. The van der Waals surface area contributed by atoms with Crippen LogP contribution in [-0.2, 0) is 0 Å². The Labute approximate surface area is 185 Å². The van der Waals surface area contributed by atoms with E-state index in [1.165, 1.54) is 29.1 Å². The highest BCUT2D eigenvalue weighted by molar-refractivity contribution is 6.08. The Bertz CT molecular complexity index is 1390. The number of hydrogen-bond donors (Lipinski definition) is 1. The third kappa shape index (κ3) is 5.12. The third-order valence-electron chi connectivity index (χ3n) is 4.61. The van der Waals surface area contributed by atoms with E-state index in [-0.39, 0.29) is 23.6 Å². The largest absolute Gasteiger partial charge is 0.573 e. The number of halogens is 3. The lowest BCUT2D eigenvalue weighted by Gasteiger charge is -2.11. The van der Waals surface area contributed by atoms with Crippen LogP contribution in [0.3, 0.4) is 0 Å². The summed E-state index contributed by atoms with van der Waals surface area (Å²) in [6.07, 6.45) is 1.02. The molecule has 33 heavy (non-hydrogen) atoms. The molecule has 1 N–H and O–H groups in total. The Hall–Kier alpha value is -4.34. The molecule has 166 valence electrons. The quantitative estimate of drug-likeness (QED) is 0.425. The van der Waals surface area contributed by atoms with E-state index in [1.54, 1.807) is 12.4 Å². The number of benzene rings is 2. The maximum atomic E-state index is 12.6. The third-order valence-corrected chi connectivity index (χ3v) is 4.61. The number of hydrogen-bond acceptors (Lipinski definition) is 6. The van der Waals surface area contributed by atoms with Gasteiger partial charge in [0.1, 0.15) is 5.75 Å². The lowest BCUT2D eigenvalue weighted by atomic mass is 10.1. The molecule has 0 spiro atoms. The van der Waals surface area contributed by atoms with Crippen LogP contribution in [0.25, 0.3) is 16.5 Å². The fraction of sp³-hybridized carbons (Fsp3) is 0.0870. The van der Waals surface area contributed by atoms with Crippen LogP contribution in [0.2, 0.25) is 0 Å². The van der Waals surface area contributed by atoms with Crippen molar-refractivity contribution in [2.75, 3.05) is 0 Å². The molecule has 0 aliphatic rings. The van der Waals surface area contributed by atoms with Gasteiger partial charge >= 0.3 is 6.36 Å². The first kappa shape index (κ1) is 21.9. The van der Waals surface area contributed by atoms with Gasteiger partial charge in [-0.05, 0) is 24.3 Å². The maximum absolute atomic E-state index is 12.6. The standard InChI is InChI=1S/C23H16F3N5O2/c24-23(25,26)33-17-7-5-16(6-8-17)31-12-10-21(32)22(30-31)19(9-11-27)29-20-14-28-13-15-3-1-2-4-18(15)20/h1-8,10-14,27H,9H2. The number of ether oxygens (including phenoxy) is 1. The number of aliphatic imine (C=N–C) groups is 1. The molecule has 0 saturated heterocycles. The van der Waals surface area contributed by atoms with Gasteiger partial charge in [-0.1, -0.05) is 24.3 Å². The van der Waals surface area contributed by atoms with Crippen LogP contribution >= 0.6 is 0 Å². The van der Waals surface area contributed by atoms with Crippen molar-refractivity contribution in [3.63, 3.8) is 0 Å². The van der Waals surface area contributed by atoms with Gasteiger partial charge in [0.15, 0.2) is 5.69 Å². The zero-order chi connectivity index (χ0) is 23.4. The van der Waals surface area contributed by atoms with Gasteiger partial charge in [0.05, 0.1) is 23.3 Å². The molecule has 0 atom stereocenters. The van der Waals surface area contributed by atoms with Crippen molar-refractivity contribution in [3.05, 3.63) is 89.1 Å². The highest BCUT2D eigenvalue weighted by Crippen LogP contribution is 2.26. The first-order valence-electron chi connectivity index (χ1n) is 9.70. The topological polar surface area (TPSA) is 93.2 Å². The van der Waals surface area contributed by atoms with Gasteiger partial charge in [0.25, 0.3) is 0 Å². The highest BCUT2D eigenvalue weighted by atomic mass is 19.4. The molecular weight excluding hydrogens is 435 g/mol.